The Hall–Kier alpha value is -0.960. The highest BCUT2D eigenvalue weighted by atomic mass is 32.2. The van der Waals surface area contributed by atoms with Gasteiger partial charge in [0.1, 0.15) is 9.09 Å². The molecule has 102 valence electrons. The van der Waals surface area contributed by atoms with Gasteiger partial charge in [-0.15, -0.1) is 11.3 Å². The zero-order valence-electron chi connectivity index (χ0n) is 10.2. The minimum Gasteiger partial charge on any atom is -0.477 e. The zero-order valence-corrected chi connectivity index (χ0v) is 11.8. The van der Waals surface area contributed by atoms with Crippen LogP contribution in [0.25, 0.3) is 0 Å². The van der Waals surface area contributed by atoms with Crippen molar-refractivity contribution in [2.75, 3.05) is 26.7 Å². The molecule has 0 radical (unpaired) electrons. The molecule has 0 fully saturated rings. The molecule has 18 heavy (non-hydrogen) atoms. The molecule has 0 atom stereocenters. The molecule has 0 bridgehead atoms. The molecule has 0 amide bonds. The summed E-state index contributed by atoms with van der Waals surface area (Å²) < 4.78 is 26.1. The van der Waals surface area contributed by atoms with Crippen molar-refractivity contribution in [2.24, 2.45) is 0 Å². The second kappa shape index (κ2) is 6.28. The Morgan fingerprint density at radius 2 is 2.17 bits per heavy atom. The van der Waals surface area contributed by atoms with E-state index in [0.29, 0.717) is 13.1 Å². The summed E-state index contributed by atoms with van der Waals surface area (Å²) in [6.07, 6.45) is 0. The van der Waals surface area contributed by atoms with Crippen molar-refractivity contribution >= 4 is 27.3 Å². The summed E-state index contributed by atoms with van der Waals surface area (Å²) >= 11 is 0.749. The number of hydrogen-bond acceptors (Lipinski definition) is 5. The lowest BCUT2D eigenvalue weighted by Gasteiger charge is -2.13. The molecule has 8 heteroatoms. The molecular formula is C10H16N2O4S2. The molecule has 1 aromatic heterocycles. The van der Waals surface area contributed by atoms with Gasteiger partial charge in [0, 0.05) is 13.1 Å². The average Bonchev–Trinajstić information content (AvgIpc) is 2.78. The molecule has 0 aliphatic carbocycles. The Morgan fingerprint density at radius 1 is 1.50 bits per heavy atom. The van der Waals surface area contributed by atoms with Gasteiger partial charge in [-0.1, -0.05) is 6.92 Å². The molecule has 1 aromatic rings. The third-order valence-corrected chi connectivity index (χ3v) is 5.41. The van der Waals surface area contributed by atoms with Crippen LogP contribution in [-0.4, -0.2) is 51.1 Å². The van der Waals surface area contributed by atoms with Gasteiger partial charge in [-0.05, 0) is 25.7 Å². The molecule has 0 aromatic carbocycles. The van der Waals surface area contributed by atoms with Crippen molar-refractivity contribution in [3.63, 3.8) is 0 Å². The van der Waals surface area contributed by atoms with Crippen LogP contribution < -0.4 is 4.72 Å². The normalized spacial score (nSPS) is 11.9. The van der Waals surface area contributed by atoms with Gasteiger partial charge >= 0.3 is 5.97 Å². The number of sulfonamides is 1. The number of rotatable bonds is 7. The van der Waals surface area contributed by atoms with E-state index in [1.807, 2.05) is 18.9 Å². The quantitative estimate of drug-likeness (QED) is 0.771. The molecule has 0 saturated carbocycles. The predicted molar refractivity (Wildman–Crippen MR) is 69.6 cm³/mol. The summed E-state index contributed by atoms with van der Waals surface area (Å²) in [6.45, 7) is 3.72. The lowest BCUT2D eigenvalue weighted by Crippen LogP contribution is -2.32. The Bertz CT molecular complexity index is 510. The van der Waals surface area contributed by atoms with Gasteiger partial charge in [0.2, 0.25) is 10.0 Å². The Labute approximate surface area is 110 Å². The van der Waals surface area contributed by atoms with E-state index in [0.717, 1.165) is 17.9 Å². The number of carboxylic acids is 1. The highest BCUT2D eigenvalue weighted by Crippen LogP contribution is 2.21. The number of nitrogens with zero attached hydrogens (tertiary/aromatic N) is 1. The molecule has 1 heterocycles. The minimum atomic E-state index is -3.60. The topological polar surface area (TPSA) is 86.7 Å². The van der Waals surface area contributed by atoms with Crippen molar-refractivity contribution in [3.8, 4) is 0 Å². The molecule has 6 nitrogen and oxygen atoms in total. The molecule has 0 aliphatic rings. The van der Waals surface area contributed by atoms with Crippen molar-refractivity contribution in [3.05, 3.63) is 17.0 Å². The first kappa shape index (κ1) is 15.1. The summed E-state index contributed by atoms with van der Waals surface area (Å²) in [4.78, 5) is 12.7. The summed E-state index contributed by atoms with van der Waals surface area (Å²) in [5.74, 6) is -1.12. The van der Waals surface area contributed by atoms with Gasteiger partial charge in [0.05, 0.1) is 0 Å². The first-order valence-electron chi connectivity index (χ1n) is 5.38. The van der Waals surface area contributed by atoms with Crippen LogP contribution in [0.3, 0.4) is 0 Å². The summed E-state index contributed by atoms with van der Waals surface area (Å²) in [7, 11) is -1.71. The molecule has 1 rings (SSSR count). The third kappa shape index (κ3) is 4.05. The van der Waals surface area contributed by atoms with E-state index in [2.05, 4.69) is 4.72 Å². The largest absolute Gasteiger partial charge is 0.477 e. The summed E-state index contributed by atoms with van der Waals surface area (Å²) in [5.41, 5.74) is 0. The standard InChI is InChI=1S/C10H16N2O4S2/c1-3-12(2)7-6-11-18(15,16)9-5-4-8(17-9)10(13)14/h4-5,11H,3,6-7H2,1-2H3,(H,13,14). The average molecular weight is 292 g/mol. The monoisotopic (exact) mass is 292 g/mol. The van der Waals surface area contributed by atoms with E-state index < -0.39 is 16.0 Å². The van der Waals surface area contributed by atoms with Crippen LogP contribution in [-0.2, 0) is 10.0 Å². The van der Waals surface area contributed by atoms with Gasteiger partial charge in [-0.25, -0.2) is 17.9 Å². The Balaban J connectivity index is 2.65. The van der Waals surface area contributed by atoms with Gasteiger partial charge in [-0.2, -0.15) is 0 Å². The fourth-order valence-corrected chi connectivity index (χ4v) is 3.39. The van der Waals surface area contributed by atoms with Gasteiger partial charge in [-0.3, -0.25) is 0 Å². The van der Waals surface area contributed by atoms with Gasteiger partial charge in [0.15, 0.2) is 0 Å². The first-order valence-corrected chi connectivity index (χ1v) is 7.68. The molecular weight excluding hydrogens is 276 g/mol. The van der Waals surface area contributed by atoms with E-state index in [1.165, 1.54) is 12.1 Å². The van der Waals surface area contributed by atoms with Crippen LogP contribution in [0.15, 0.2) is 16.3 Å². The second-order valence-electron chi connectivity index (χ2n) is 3.72. The SMILES string of the molecule is CCN(C)CCNS(=O)(=O)c1ccc(C(=O)O)s1. The number of thiophene rings is 1. The Morgan fingerprint density at radius 3 is 2.67 bits per heavy atom. The fraction of sp³-hybridized carbons (Fsp3) is 0.500. The lowest BCUT2D eigenvalue weighted by molar-refractivity contribution is 0.0702. The van der Waals surface area contributed by atoms with Crippen LogP contribution in [0.4, 0.5) is 0 Å². The van der Waals surface area contributed by atoms with Crippen LogP contribution >= 0.6 is 11.3 Å². The highest BCUT2D eigenvalue weighted by Gasteiger charge is 2.18. The number of likely N-dealkylation sites (N-methyl/N-ethyl adjacent to an activating group) is 1. The number of aromatic carboxylic acids is 1. The fourth-order valence-electron chi connectivity index (χ4n) is 1.18. The first-order chi connectivity index (χ1) is 8.36. The van der Waals surface area contributed by atoms with E-state index in [4.69, 9.17) is 5.11 Å². The summed E-state index contributed by atoms with van der Waals surface area (Å²) in [6, 6.07) is 2.60. The number of carboxylic acid groups (broad SMARTS) is 1. The number of carbonyl (C=O) groups is 1. The molecule has 0 unspecified atom stereocenters. The molecule has 0 aliphatic heterocycles. The van der Waals surface area contributed by atoms with Gasteiger partial charge < -0.3 is 10.0 Å². The van der Waals surface area contributed by atoms with Crippen molar-refractivity contribution in [1.29, 1.82) is 0 Å². The smallest absolute Gasteiger partial charge is 0.345 e. The molecule has 0 saturated heterocycles. The lowest BCUT2D eigenvalue weighted by atomic mass is 10.5. The van der Waals surface area contributed by atoms with E-state index in [-0.39, 0.29) is 9.09 Å². The van der Waals surface area contributed by atoms with Crippen molar-refractivity contribution in [2.45, 2.75) is 11.1 Å². The van der Waals surface area contributed by atoms with Crippen LogP contribution in [0, 0.1) is 0 Å². The molecule has 2 N–H and O–H groups in total. The van der Waals surface area contributed by atoms with Crippen molar-refractivity contribution in [1.82, 2.24) is 9.62 Å². The van der Waals surface area contributed by atoms with Gasteiger partial charge in [0.25, 0.3) is 0 Å². The minimum absolute atomic E-state index is 0.0149. The van der Waals surface area contributed by atoms with E-state index in [9.17, 15) is 13.2 Å². The maximum Gasteiger partial charge on any atom is 0.345 e. The van der Waals surface area contributed by atoms with E-state index in [1.54, 1.807) is 0 Å². The van der Waals surface area contributed by atoms with E-state index >= 15 is 0 Å². The zero-order chi connectivity index (χ0) is 13.8. The maximum atomic E-state index is 11.8. The highest BCUT2D eigenvalue weighted by molar-refractivity contribution is 7.91. The predicted octanol–water partition coefficient (Wildman–Crippen LogP) is 0.676. The van der Waals surface area contributed by atoms with Crippen LogP contribution in [0.5, 0.6) is 0 Å². The van der Waals surface area contributed by atoms with Crippen LogP contribution in [0.1, 0.15) is 16.6 Å². The molecule has 0 spiro atoms. The maximum absolute atomic E-state index is 11.8. The Kier molecular flexibility index (Phi) is 5.27. The third-order valence-electron chi connectivity index (χ3n) is 2.38. The number of hydrogen-bond donors (Lipinski definition) is 2. The van der Waals surface area contributed by atoms with Crippen molar-refractivity contribution < 1.29 is 18.3 Å². The van der Waals surface area contributed by atoms with Crippen LogP contribution in [0.2, 0.25) is 0 Å². The summed E-state index contributed by atoms with van der Waals surface area (Å²) in [5, 5.41) is 8.73. The number of nitrogens with one attached hydrogen (secondary N) is 1. The second-order valence-corrected chi connectivity index (χ2v) is 6.80.